The molecule has 0 spiro atoms. The van der Waals surface area contributed by atoms with E-state index in [0.29, 0.717) is 24.6 Å². The number of pyridine rings is 1. The average Bonchev–Trinajstić information content (AvgIpc) is 2.48. The van der Waals surface area contributed by atoms with Gasteiger partial charge in [-0.2, -0.15) is 10.4 Å². The van der Waals surface area contributed by atoms with Crippen molar-refractivity contribution in [2.24, 2.45) is 5.73 Å². The van der Waals surface area contributed by atoms with Crippen LogP contribution < -0.4 is 16.0 Å². The van der Waals surface area contributed by atoms with Gasteiger partial charge in [0.05, 0.1) is 12.7 Å². The third-order valence-electron chi connectivity index (χ3n) is 2.50. The van der Waals surface area contributed by atoms with Crippen molar-refractivity contribution in [1.29, 1.82) is 5.26 Å². The van der Waals surface area contributed by atoms with Crippen LogP contribution in [-0.2, 0) is 6.54 Å². The predicted octanol–water partition coefficient (Wildman–Crippen LogP) is -0.104. The fourth-order valence-electron chi connectivity index (χ4n) is 1.60. The van der Waals surface area contributed by atoms with Crippen LogP contribution in [0.25, 0.3) is 0 Å². The molecule has 0 bridgehead atoms. The first-order valence-electron chi connectivity index (χ1n) is 5.98. The number of ether oxygens (including phenoxy) is 1. The van der Waals surface area contributed by atoms with Gasteiger partial charge in [0.2, 0.25) is 0 Å². The van der Waals surface area contributed by atoms with Crippen molar-refractivity contribution in [2.75, 3.05) is 13.2 Å². The molecular weight excluding hydrogens is 258 g/mol. The van der Waals surface area contributed by atoms with E-state index < -0.39 is 0 Å². The summed E-state index contributed by atoms with van der Waals surface area (Å²) in [5.41, 5.74) is 6.11. The number of nitrogens with zero attached hydrogens (tertiary/aromatic N) is 4. The summed E-state index contributed by atoms with van der Waals surface area (Å²) >= 11 is 0. The predicted molar refractivity (Wildman–Crippen MR) is 71.1 cm³/mol. The highest BCUT2D eigenvalue weighted by Crippen LogP contribution is 2.05. The van der Waals surface area contributed by atoms with Crippen molar-refractivity contribution in [3.63, 3.8) is 0 Å². The third-order valence-corrected chi connectivity index (χ3v) is 2.50. The maximum Gasteiger partial charge on any atom is 0.270 e. The lowest BCUT2D eigenvalue weighted by molar-refractivity contribution is 0.324. The lowest BCUT2D eigenvalue weighted by Crippen LogP contribution is -2.23. The minimum absolute atomic E-state index is 0.271. The number of hydrogen-bond donors (Lipinski definition) is 1. The maximum atomic E-state index is 11.9. The van der Waals surface area contributed by atoms with Gasteiger partial charge in [0.25, 0.3) is 5.56 Å². The molecule has 0 amide bonds. The van der Waals surface area contributed by atoms with Crippen molar-refractivity contribution >= 4 is 0 Å². The summed E-state index contributed by atoms with van der Waals surface area (Å²) < 4.78 is 6.51. The Morgan fingerprint density at radius 2 is 2.30 bits per heavy atom. The zero-order valence-electron chi connectivity index (χ0n) is 10.7. The highest BCUT2D eigenvalue weighted by atomic mass is 16.5. The van der Waals surface area contributed by atoms with E-state index in [1.54, 1.807) is 12.1 Å². The summed E-state index contributed by atoms with van der Waals surface area (Å²) in [5.74, 6) is 0.393. The topological polar surface area (TPSA) is 107 Å². The molecule has 0 saturated heterocycles. The van der Waals surface area contributed by atoms with Gasteiger partial charge < -0.3 is 10.5 Å². The first kappa shape index (κ1) is 13.7. The molecule has 2 heterocycles. The Morgan fingerprint density at radius 1 is 1.45 bits per heavy atom. The van der Waals surface area contributed by atoms with Crippen LogP contribution in [0.1, 0.15) is 11.3 Å². The van der Waals surface area contributed by atoms with Gasteiger partial charge in [0.15, 0.2) is 0 Å². The van der Waals surface area contributed by atoms with E-state index in [1.165, 1.54) is 23.1 Å². The first-order valence-corrected chi connectivity index (χ1v) is 5.98. The number of rotatable bonds is 5. The summed E-state index contributed by atoms with van der Waals surface area (Å²) in [6, 6.07) is 6.65. The van der Waals surface area contributed by atoms with E-state index in [-0.39, 0.29) is 12.1 Å². The second-order valence-electron chi connectivity index (χ2n) is 3.99. The molecular formula is C13H13N5O2. The summed E-state index contributed by atoms with van der Waals surface area (Å²) in [4.78, 5) is 15.7. The van der Waals surface area contributed by atoms with Crippen molar-refractivity contribution in [3.8, 4) is 11.8 Å². The Hall–Kier alpha value is -2.72. The van der Waals surface area contributed by atoms with E-state index in [4.69, 9.17) is 15.7 Å². The Kier molecular flexibility index (Phi) is 4.42. The van der Waals surface area contributed by atoms with Crippen LogP contribution in [0.2, 0.25) is 0 Å². The van der Waals surface area contributed by atoms with E-state index in [1.807, 2.05) is 6.07 Å². The van der Waals surface area contributed by atoms with Crippen LogP contribution >= 0.6 is 0 Å². The van der Waals surface area contributed by atoms with Crippen LogP contribution in [-0.4, -0.2) is 27.9 Å². The van der Waals surface area contributed by atoms with Gasteiger partial charge in [0, 0.05) is 18.8 Å². The van der Waals surface area contributed by atoms with Crippen molar-refractivity contribution in [1.82, 2.24) is 14.8 Å². The maximum absolute atomic E-state index is 11.9. The van der Waals surface area contributed by atoms with Crippen LogP contribution in [0.4, 0.5) is 0 Å². The molecule has 2 aromatic rings. The highest BCUT2D eigenvalue weighted by molar-refractivity contribution is 5.25. The molecule has 0 saturated carbocycles. The van der Waals surface area contributed by atoms with E-state index >= 15 is 0 Å². The normalized spacial score (nSPS) is 10.0. The Bertz CT molecular complexity index is 690. The van der Waals surface area contributed by atoms with Crippen LogP contribution in [0, 0.1) is 11.3 Å². The summed E-state index contributed by atoms with van der Waals surface area (Å²) in [5, 5.41) is 12.8. The van der Waals surface area contributed by atoms with Crippen molar-refractivity contribution in [3.05, 3.63) is 52.2 Å². The molecule has 2 aromatic heterocycles. The van der Waals surface area contributed by atoms with Crippen LogP contribution in [0.15, 0.2) is 35.4 Å². The van der Waals surface area contributed by atoms with E-state index in [2.05, 4.69) is 10.1 Å². The molecule has 0 aliphatic carbocycles. The molecule has 7 nitrogen and oxygen atoms in total. The molecule has 0 aliphatic rings. The summed E-state index contributed by atoms with van der Waals surface area (Å²) in [6.45, 7) is 0.977. The van der Waals surface area contributed by atoms with Gasteiger partial charge >= 0.3 is 0 Å². The number of nitriles is 1. The first-order chi connectivity index (χ1) is 9.72. The Balaban J connectivity index is 2.17. The van der Waals surface area contributed by atoms with Gasteiger partial charge in [-0.05, 0) is 17.7 Å². The van der Waals surface area contributed by atoms with Gasteiger partial charge in [-0.25, -0.2) is 9.67 Å². The van der Waals surface area contributed by atoms with E-state index in [9.17, 15) is 4.79 Å². The zero-order chi connectivity index (χ0) is 14.4. The molecule has 2 rings (SSSR count). The van der Waals surface area contributed by atoms with Crippen molar-refractivity contribution < 1.29 is 4.74 Å². The summed E-state index contributed by atoms with van der Waals surface area (Å²) in [6.07, 6.45) is 2.99. The highest BCUT2D eigenvalue weighted by Gasteiger charge is 2.03. The lowest BCUT2D eigenvalue weighted by Gasteiger charge is -2.07. The van der Waals surface area contributed by atoms with Gasteiger partial charge in [-0.1, -0.05) is 0 Å². The Labute approximate surface area is 115 Å². The number of aromatic nitrogens is 3. The SMILES string of the molecule is N#Cc1cc(Cn2ncc(OCCN)cc2=O)ccn1. The third kappa shape index (κ3) is 3.40. The average molecular weight is 271 g/mol. The molecule has 2 N–H and O–H groups in total. The smallest absolute Gasteiger partial charge is 0.270 e. The minimum atomic E-state index is -0.283. The van der Waals surface area contributed by atoms with Gasteiger partial charge in [0.1, 0.15) is 24.1 Å². The van der Waals surface area contributed by atoms with Crippen LogP contribution in [0.3, 0.4) is 0 Å². The van der Waals surface area contributed by atoms with Gasteiger partial charge in [-0.15, -0.1) is 0 Å². The molecule has 7 heteroatoms. The molecule has 0 atom stereocenters. The minimum Gasteiger partial charge on any atom is -0.490 e. The monoisotopic (exact) mass is 271 g/mol. The van der Waals surface area contributed by atoms with Crippen LogP contribution in [0.5, 0.6) is 5.75 Å². The molecule has 0 aliphatic heterocycles. The number of nitrogens with two attached hydrogens (primary N) is 1. The summed E-state index contributed by atoms with van der Waals surface area (Å²) in [7, 11) is 0. The van der Waals surface area contributed by atoms with E-state index in [0.717, 1.165) is 5.56 Å². The quantitative estimate of drug-likeness (QED) is 0.813. The Morgan fingerprint density at radius 3 is 3.00 bits per heavy atom. The molecule has 0 unspecified atom stereocenters. The fraction of sp³-hybridized carbons (Fsp3) is 0.231. The standard InChI is InChI=1S/C13H13N5O2/c14-2-4-20-12-6-13(19)18(17-8-12)9-10-1-3-16-11(5-10)7-15/h1,3,5-6,8H,2,4,9,14H2. The number of hydrogen-bond acceptors (Lipinski definition) is 6. The lowest BCUT2D eigenvalue weighted by atomic mass is 10.2. The molecule has 102 valence electrons. The molecule has 20 heavy (non-hydrogen) atoms. The molecule has 0 fully saturated rings. The van der Waals surface area contributed by atoms with Crippen molar-refractivity contribution in [2.45, 2.75) is 6.54 Å². The largest absolute Gasteiger partial charge is 0.490 e. The fourth-order valence-corrected chi connectivity index (χ4v) is 1.60. The van der Waals surface area contributed by atoms with Gasteiger partial charge in [-0.3, -0.25) is 4.79 Å². The zero-order valence-corrected chi connectivity index (χ0v) is 10.7. The molecule has 0 aromatic carbocycles. The molecule has 0 radical (unpaired) electrons. The second kappa shape index (κ2) is 6.45. The second-order valence-corrected chi connectivity index (χ2v) is 3.99.